The molecule has 2 aromatic carbocycles. The third-order valence-electron chi connectivity index (χ3n) is 5.03. The Hall–Kier alpha value is -3.65. The molecule has 0 fully saturated rings. The number of hydrogen-bond acceptors (Lipinski definition) is 5. The fourth-order valence-corrected chi connectivity index (χ4v) is 3.87. The molecule has 0 atom stereocenters. The highest BCUT2D eigenvalue weighted by atomic mass is 79.9. The van der Waals surface area contributed by atoms with Gasteiger partial charge in [-0.1, -0.05) is 52.3 Å². The van der Waals surface area contributed by atoms with Gasteiger partial charge in [-0.25, -0.2) is 9.97 Å². The molecule has 1 amide bonds. The first-order valence-electron chi connectivity index (χ1n) is 9.69. The maximum Gasteiger partial charge on any atom is 0.269 e. The van der Waals surface area contributed by atoms with Crippen LogP contribution in [0.15, 0.2) is 71.3 Å². The van der Waals surface area contributed by atoms with Crippen molar-refractivity contribution < 1.29 is 9.59 Å². The van der Waals surface area contributed by atoms with Crippen molar-refractivity contribution in [1.29, 1.82) is 0 Å². The van der Waals surface area contributed by atoms with E-state index < -0.39 is 0 Å². The van der Waals surface area contributed by atoms with Crippen molar-refractivity contribution in [2.45, 2.75) is 6.54 Å². The van der Waals surface area contributed by atoms with Gasteiger partial charge in [0.15, 0.2) is 11.6 Å². The third-order valence-corrected chi connectivity index (χ3v) is 5.53. The Kier molecular flexibility index (Phi) is 4.91. The quantitative estimate of drug-likeness (QED) is 0.456. The Morgan fingerprint density at radius 3 is 2.61 bits per heavy atom. The van der Waals surface area contributed by atoms with Crippen LogP contribution in [0.2, 0.25) is 0 Å². The average Bonchev–Trinajstić information content (AvgIpc) is 3.25. The summed E-state index contributed by atoms with van der Waals surface area (Å²) in [6.45, 7) is 1.19. The Morgan fingerprint density at radius 2 is 1.84 bits per heavy atom. The number of nitrogens with one attached hydrogen (secondary N) is 1. The van der Waals surface area contributed by atoms with Gasteiger partial charge in [-0.3, -0.25) is 14.3 Å². The number of rotatable bonds is 4. The van der Waals surface area contributed by atoms with Crippen LogP contribution in [0.25, 0.3) is 22.8 Å². The van der Waals surface area contributed by atoms with E-state index in [-0.39, 0.29) is 11.7 Å². The second kappa shape index (κ2) is 7.88. The monoisotopic (exact) mass is 473 g/mol. The topological polar surface area (TPSA) is 89.8 Å². The van der Waals surface area contributed by atoms with Crippen molar-refractivity contribution in [2.75, 3.05) is 6.54 Å². The van der Waals surface area contributed by atoms with Crippen LogP contribution < -0.4 is 5.32 Å². The molecule has 2 aromatic heterocycles. The molecule has 8 heteroatoms. The lowest BCUT2D eigenvalue weighted by Gasteiger charge is -2.13. The number of ketones is 1. The Morgan fingerprint density at radius 1 is 1.00 bits per heavy atom. The van der Waals surface area contributed by atoms with E-state index in [4.69, 9.17) is 0 Å². The van der Waals surface area contributed by atoms with Crippen molar-refractivity contribution in [2.24, 2.45) is 0 Å². The molecule has 1 aliphatic rings. The number of amides is 1. The lowest BCUT2D eigenvalue weighted by Crippen LogP contribution is -2.35. The van der Waals surface area contributed by atoms with Gasteiger partial charge in [0.2, 0.25) is 0 Å². The number of fused-ring (bicyclic) bond motifs is 1. The highest BCUT2D eigenvalue weighted by molar-refractivity contribution is 9.10. The largest absolute Gasteiger partial charge is 0.349 e. The highest BCUT2D eigenvalue weighted by Crippen LogP contribution is 2.23. The summed E-state index contributed by atoms with van der Waals surface area (Å²) in [6.07, 6.45) is 1.66. The predicted octanol–water partition coefficient (Wildman–Crippen LogP) is 3.74. The number of hydrogen-bond donors (Lipinski definition) is 1. The van der Waals surface area contributed by atoms with E-state index in [0.29, 0.717) is 47.1 Å². The Bertz CT molecular complexity index is 1310. The second-order valence-electron chi connectivity index (χ2n) is 7.08. The summed E-state index contributed by atoms with van der Waals surface area (Å²) in [4.78, 5) is 33.7. The number of nitrogens with zero attached hydrogens (tertiary/aromatic N) is 4. The molecule has 1 aliphatic heterocycles. The first-order chi connectivity index (χ1) is 15.1. The number of halogens is 1. The lowest BCUT2D eigenvalue weighted by molar-refractivity contribution is 0.0924. The smallest absolute Gasteiger partial charge is 0.269 e. The van der Waals surface area contributed by atoms with Gasteiger partial charge in [0.25, 0.3) is 5.91 Å². The molecule has 0 spiro atoms. The van der Waals surface area contributed by atoms with Crippen LogP contribution >= 0.6 is 15.9 Å². The lowest BCUT2D eigenvalue weighted by atomic mass is 10.0. The van der Waals surface area contributed by atoms with Gasteiger partial charge >= 0.3 is 0 Å². The van der Waals surface area contributed by atoms with Crippen LogP contribution in [0.5, 0.6) is 0 Å². The number of aromatic nitrogens is 4. The zero-order valence-electron chi connectivity index (χ0n) is 16.2. The molecular weight excluding hydrogens is 458 g/mol. The summed E-state index contributed by atoms with van der Waals surface area (Å²) in [5.74, 6) is 0.337. The normalized spacial score (nSPS) is 12.9. The molecule has 0 unspecified atom stereocenters. The molecule has 0 bridgehead atoms. The van der Waals surface area contributed by atoms with Crippen molar-refractivity contribution in [1.82, 2.24) is 25.1 Å². The van der Waals surface area contributed by atoms with E-state index in [2.05, 4.69) is 36.3 Å². The molecule has 0 aliphatic carbocycles. The van der Waals surface area contributed by atoms with Crippen LogP contribution in [0.1, 0.15) is 26.4 Å². The summed E-state index contributed by atoms with van der Waals surface area (Å²) in [7, 11) is 0. The van der Waals surface area contributed by atoms with Crippen molar-refractivity contribution in [3.05, 3.63) is 88.2 Å². The molecular formula is C23H16BrN5O2. The summed E-state index contributed by atoms with van der Waals surface area (Å²) in [5.41, 5.74) is 3.77. The van der Waals surface area contributed by atoms with E-state index in [1.807, 2.05) is 24.3 Å². The molecule has 4 aromatic rings. The van der Waals surface area contributed by atoms with Crippen LogP contribution in [0, 0.1) is 0 Å². The number of carbonyl (C=O) groups excluding carboxylic acids is 2. The molecule has 5 rings (SSSR count). The molecule has 0 saturated carbocycles. The molecule has 1 N–H and O–H groups in total. The minimum atomic E-state index is -0.134. The van der Waals surface area contributed by atoms with Crippen molar-refractivity contribution in [3.8, 4) is 22.8 Å². The number of benzene rings is 2. The van der Waals surface area contributed by atoms with Crippen LogP contribution in [0.4, 0.5) is 0 Å². The van der Waals surface area contributed by atoms with Gasteiger partial charge in [-0.05, 0) is 24.3 Å². The Balaban J connectivity index is 1.43. The highest BCUT2D eigenvalue weighted by Gasteiger charge is 2.20. The molecule has 152 valence electrons. The minimum Gasteiger partial charge on any atom is -0.349 e. The summed E-state index contributed by atoms with van der Waals surface area (Å²) in [5, 5.41) is 7.31. The van der Waals surface area contributed by atoms with Crippen molar-refractivity contribution >= 4 is 27.6 Å². The molecule has 31 heavy (non-hydrogen) atoms. The Labute approximate surface area is 186 Å². The molecule has 7 nitrogen and oxygen atoms in total. The van der Waals surface area contributed by atoms with E-state index in [9.17, 15) is 9.59 Å². The number of carbonyl (C=O) groups is 2. The summed E-state index contributed by atoms with van der Waals surface area (Å²) >= 11 is 3.40. The van der Waals surface area contributed by atoms with Gasteiger partial charge in [0.05, 0.1) is 12.2 Å². The zero-order valence-corrected chi connectivity index (χ0v) is 17.8. The summed E-state index contributed by atoms with van der Waals surface area (Å²) < 4.78 is 2.55. The third kappa shape index (κ3) is 3.77. The van der Waals surface area contributed by atoms with Gasteiger partial charge in [0.1, 0.15) is 11.4 Å². The van der Waals surface area contributed by atoms with Gasteiger partial charge in [0, 0.05) is 33.9 Å². The van der Waals surface area contributed by atoms with Crippen LogP contribution in [0.3, 0.4) is 0 Å². The first kappa shape index (κ1) is 19.3. The summed E-state index contributed by atoms with van der Waals surface area (Å²) in [6, 6.07) is 18.0. The molecule has 0 saturated heterocycles. The van der Waals surface area contributed by atoms with Crippen LogP contribution in [-0.4, -0.2) is 38.0 Å². The van der Waals surface area contributed by atoms with Gasteiger partial charge < -0.3 is 5.32 Å². The second-order valence-corrected chi connectivity index (χ2v) is 7.99. The molecule has 0 radical (unpaired) electrons. The van der Waals surface area contributed by atoms with Crippen LogP contribution in [-0.2, 0) is 6.54 Å². The average molecular weight is 474 g/mol. The van der Waals surface area contributed by atoms with E-state index in [1.165, 1.54) is 0 Å². The van der Waals surface area contributed by atoms with Gasteiger partial charge in [-0.15, -0.1) is 0 Å². The molecule has 3 heterocycles. The van der Waals surface area contributed by atoms with E-state index in [1.54, 1.807) is 47.3 Å². The van der Waals surface area contributed by atoms with E-state index >= 15 is 0 Å². The maximum absolute atomic E-state index is 12.7. The fourth-order valence-electron chi connectivity index (χ4n) is 3.47. The predicted molar refractivity (Wildman–Crippen MR) is 119 cm³/mol. The standard InChI is InChI=1S/C23H16BrN5O2/c24-17-3-1-2-16(12-17)21(30)14-4-6-15(7-5-14)22-25-9-8-18(27-22)19-13-20-23(31)26-10-11-29(20)28-19/h1-9,12-13H,10-11H2,(H,26,31). The van der Waals surface area contributed by atoms with Gasteiger partial charge in [-0.2, -0.15) is 5.10 Å². The minimum absolute atomic E-state index is 0.0515. The first-order valence-corrected chi connectivity index (χ1v) is 10.5. The van der Waals surface area contributed by atoms with E-state index in [0.717, 1.165) is 10.0 Å². The SMILES string of the molecule is O=C(c1ccc(-c2nccc(-c3cc4n(n3)CCNC4=O)n2)cc1)c1cccc(Br)c1. The zero-order chi connectivity index (χ0) is 21.4. The fraction of sp³-hybridized carbons (Fsp3) is 0.0870. The van der Waals surface area contributed by atoms with Crippen molar-refractivity contribution in [3.63, 3.8) is 0 Å². The maximum atomic E-state index is 12.7.